The summed E-state index contributed by atoms with van der Waals surface area (Å²) in [7, 11) is 0. The molecule has 2 amide bonds. The van der Waals surface area contributed by atoms with Gasteiger partial charge in [0, 0.05) is 0 Å². The van der Waals surface area contributed by atoms with Gasteiger partial charge >= 0.3 is 12.0 Å². The molecule has 0 aliphatic heterocycles. The van der Waals surface area contributed by atoms with E-state index in [1.54, 1.807) is 0 Å². The maximum atomic E-state index is 12.0. The zero-order valence-corrected chi connectivity index (χ0v) is 12.2. The van der Waals surface area contributed by atoms with Crippen LogP contribution in [-0.4, -0.2) is 28.7 Å². The van der Waals surface area contributed by atoms with Crippen LogP contribution in [0.4, 0.5) is 4.79 Å². The van der Waals surface area contributed by atoms with Gasteiger partial charge in [-0.1, -0.05) is 26.2 Å². The van der Waals surface area contributed by atoms with Gasteiger partial charge in [0.25, 0.3) is 0 Å². The number of amides is 2. The van der Waals surface area contributed by atoms with Crippen LogP contribution in [0.1, 0.15) is 52.4 Å². The van der Waals surface area contributed by atoms with Gasteiger partial charge in [0.05, 0.1) is 6.04 Å². The van der Waals surface area contributed by atoms with Crippen LogP contribution in [0, 0.1) is 18.3 Å². The summed E-state index contributed by atoms with van der Waals surface area (Å²) in [5.74, 6) is 2.04. The van der Waals surface area contributed by atoms with E-state index in [9.17, 15) is 14.7 Å². The second kappa shape index (κ2) is 7.18. The SMILES string of the molecule is C#CC(CCC)NC(=O)NC1(C(=O)O)CCC(C)CC1. The van der Waals surface area contributed by atoms with Crippen molar-refractivity contribution < 1.29 is 14.7 Å². The molecule has 0 bridgehead atoms. The lowest BCUT2D eigenvalue weighted by Gasteiger charge is -2.36. The molecule has 0 aromatic carbocycles. The highest BCUT2D eigenvalue weighted by Gasteiger charge is 2.42. The molecule has 0 spiro atoms. The molecular weight excluding hydrogens is 256 g/mol. The predicted octanol–water partition coefficient (Wildman–Crippen LogP) is 2.12. The summed E-state index contributed by atoms with van der Waals surface area (Å²) in [6.45, 7) is 4.08. The van der Waals surface area contributed by atoms with Crippen molar-refractivity contribution in [3.05, 3.63) is 0 Å². The second-order valence-corrected chi connectivity index (χ2v) is 5.68. The van der Waals surface area contributed by atoms with Crippen molar-refractivity contribution in [2.75, 3.05) is 0 Å². The van der Waals surface area contributed by atoms with E-state index in [4.69, 9.17) is 6.42 Å². The Morgan fingerprint density at radius 1 is 1.45 bits per heavy atom. The summed E-state index contributed by atoms with van der Waals surface area (Å²) in [6, 6.07) is -0.841. The summed E-state index contributed by atoms with van der Waals surface area (Å²) in [5.41, 5.74) is -1.15. The highest BCUT2D eigenvalue weighted by molar-refractivity contribution is 5.86. The molecule has 1 rings (SSSR count). The molecule has 5 nitrogen and oxygen atoms in total. The summed E-state index contributed by atoms with van der Waals surface area (Å²) >= 11 is 0. The number of carboxylic acid groups (broad SMARTS) is 1. The van der Waals surface area contributed by atoms with Crippen molar-refractivity contribution in [3.63, 3.8) is 0 Å². The van der Waals surface area contributed by atoms with Gasteiger partial charge in [-0.3, -0.25) is 0 Å². The van der Waals surface area contributed by atoms with E-state index in [-0.39, 0.29) is 6.04 Å². The molecule has 20 heavy (non-hydrogen) atoms. The molecular formula is C15H24N2O3. The number of hydrogen-bond donors (Lipinski definition) is 3. The predicted molar refractivity (Wildman–Crippen MR) is 77.2 cm³/mol. The van der Waals surface area contributed by atoms with Gasteiger partial charge in [-0.2, -0.15) is 0 Å². The van der Waals surface area contributed by atoms with Crippen LogP contribution < -0.4 is 10.6 Å². The molecule has 0 aromatic heterocycles. The van der Waals surface area contributed by atoms with Crippen molar-refractivity contribution in [1.82, 2.24) is 10.6 Å². The number of hydrogen-bond acceptors (Lipinski definition) is 2. The molecule has 3 N–H and O–H groups in total. The number of nitrogens with one attached hydrogen (secondary N) is 2. The second-order valence-electron chi connectivity index (χ2n) is 5.68. The first-order valence-corrected chi connectivity index (χ1v) is 7.21. The molecule has 1 aliphatic carbocycles. The quantitative estimate of drug-likeness (QED) is 0.675. The van der Waals surface area contributed by atoms with E-state index in [0.717, 1.165) is 19.3 Å². The van der Waals surface area contributed by atoms with Gasteiger partial charge in [0.15, 0.2) is 0 Å². The van der Waals surface area contributed by atoms with Crippen molar-refractivity contribution in [2.24, 2.45) is 5.92 Å². The van der Waals surface area contributed by atoms with Gasteiger partial charge < -0.3 is 15.7 Å². The molecule has 0 heterocycles. The third-order valence-corrected chi connectivity index (χ3v) is 3.97. The first-order valence-electron chi connectivity index (χ1n) is 7.21. The fraction of sp³-hybridized carbons (Fsp3) is 0.733. The van der Waals surface area contributed by atoms with Gasteiger partial charge in [0.2, 0.25) is 0 Å². The zero-order valence-electron chi connectivity index (χ0n) is 12.2. The normalized spacial score (nSPS) is 27.1. The van der Waals surface area contributed by atoms with E-state index < -0.39 is 17.5 Å². The number of urea groups is 1. The van der Waals surface area contributed by atoms with Crippen LogP contribution in [0.5, 0.6) is 0 Å². The summed E-state index contributed by atoms with van der Waals surface area (Å²) in [4.78, 5) is 23.5. The van der Waals surface area contributed by atoms with E-state index in [1.807, 2.05) is 6.92 Å². The molecule has 1 unspecified atom stereocenters. The Morgan fingerprint density at radius 3 is 2.50 bits per heavy atom. The summed E-state index contributed by atoms with van der Waals surface area (Å²) in [5, 5.41) is 14.7. The fourth-order valence-electron chi connectivity index (χ4n) is 2.54. The third-order valence-electron chi connectivity index (χ3n) is 3.97. The van der Waals surface area contributed by atoms with Gasteiger partial charge in [-0.25, -0.2) is 9.59 Å². The maximum absolute atomic E-state index is 12.0. The molecule has 1 fully saturated rings. The first kappa shape index (κ1) is 16.4. The van der Waals surface area contributed by atoms with Crippen LogP contribution in [0.15, 0.2) is 0 Å². The lowest BCUT2D eigenvalue weighted by molar-refractivity contribution is -0.146. The van der Waals surface area contributed by atoms with Crippen molar-refractivity contribution in [1.29, 1.82) is 0 Å². The van der Waals surface area contributed by atoms with Crippen LogP contribution in [0.2, 0.25) is 0 Å². The smallest absolute Gasteiger partial charge is 0.329 e. The van der Waals surface area contributed by atoms with Gasteiger partial charge in [-0.05, 0) is 38.0 Å². The Balaban J connectivity index is 2.65. The number of rotatable bonds is 5. The number of carbonyl (C=O) groups excluding carboxylic acids is 1. The maximum Gasteiger partial charge on any atom is 0.329 e. The minimum absolute atomic E-state index is 0.353. The molecule has 0 radical (unpaired) electrons. The number of aliphatic carboxylic acids is 1. The lowest BCUT2D eigenvalue weighted by atomic mass is 9.77. The minimum atomic E-state index is -1.15. The Morgan fingerprint density at radius 2 is 2.05 bits per heavy atom. The van der Waals surface area contributed by atoms with Crippen LogP contribution in [0.25, 0.3) is 0 Å². The standard InChI is InChI=1S/C15H24N2O3/c1-4-6-12(5-2)16-14(20)17-15(13(18)19)9-7-11(3)8-10-15/h2,11-12H,4,6-10H2,1,3H3,(H,18,19)(H2,16,17,20). The fourth-order valence-corrected chi connectivity index (χ4v) is 2.54. The van der Waals surface area contributed by atoms with Crippen molar-refractivity contribution >= 4 is 12.0 Å². The van der Waals surface area contributed by atoms with Gasteiger partial charge in [0.1, 0.15) is 5.54 Å². The Bertz CT molecular complexity index is 392. The van der Waals surface area contributed by atoms with Crippen LogP contribution in [-0.2, 0) is 4.79 Å². The van der Waals surface area contributed by atoms with E-state index in [1.165, 1.54) is 0 Å². The Kier molecular flexibility index (Phi) is 5.87. The molecule has 1 saturated carbocycles. The molecule has 112 valence electrons. The zero-order chi connectivity index (χ0) is 15.2. The number of carboxylic acids is 1. The molecule has 5 heteroatoms. The van der Waals surface area contributed by atoms with Crippen LogP contribution >= 0.6 is 0 Å². The van der Waals surface area contributed by atoms with Crippen molar-refractivity contribution in [2.45, 2.75) is 64.0 Å². The van der Waals surface area contributed by atoms with Crippen molar-refractivity contribution in [3.8, 4) is 12.3 Å². The Labute approximate surface area is 120 Å². The third kappa shape index (κ3) is 4.16. The van der Waals surface area contributed by atoms with E-state index in [2.05, 4.69) is 23.5 Å². The van der Waals surface area contributed by atoms with E-state index in [0.29, 0.717) is 25.2 Å². The molecule has 1 atom stereocenters. The minimum Gasteiger partial charge on any atom is -0.480 e. The summed E-state index contributed by atoms with van der Waals surface area (Å²) in [6.07, 6.45) is 9.42. The van der Waals surface area contributed by atoms with Crippen LogP contribution in [0.3, 0.4) is 0 Å². The average Bonchev–Trinajstić information content (AvgIpc) is 2.40. The largest absolute Gasteiger partial charge is 0.480 e. The highest BCUT2D eigenvalue weighted by atomic mass is 16.4. The van der Waals surface area contributed by atoms with E-state index >= 15 is 0 Å². The topological polar surface area (TPSA) is 78.4 Å². The Hall–Kier alpha value is -1.70. The number of carbonyl (C=O) groups is 2. The lowest BCUT2D eigenvalue weighted by Crippen LogP contribution is -2.59. The summed E-state index contributed by atoms with van der Waals surface area (Å²) < 4.78 is 0. The number of terminal acetylenes is 1. The molecule has 0 aromatic rings. The highest BCUT2D eigenvalue weighted by Crippen LogP contribution is 2.32. The molecule has 0 saturated heterocycles. The average molecular weight is 280 g/mol. The monoisotopic (exact) mass is 280 g/mol. The molecule has 1 aliphatic rings. The van der Waals surface area contributed by atoms with Gasteiger partial charge in [-0.15, -0.1) is 6.42 Å². The first-order chi connectivity index (χ1) is 9.43.